The summed E-state index contributed by atoms with van der Waals surface area (Å²) in [5, 5.41) is 8.48. The van der Waals surface area contributed by atoms with E-state index in [2.05, 4.69) is 20.9 Å². The van der Waals surface area contributed by atoms with Crippen molar-refractivity contribution in [2.75, 3.05) is 20.3 Å². The van der Waals surface area contributed by atoms with Crippen LogP contribution in [0.25, 0.3) is 21.9 Å². The number of benzene rings is 3. The van der Waals surface area contributed by atoms with Gasteiger partial charge in [-0.3, -0.25) is 24.4 Å². The topological polar surface area (TPSA) is 194 Å². The van der Waals surface area contributed by atoms with Crippen molar-refractivity contribution in [2.24, 2.45) is 11.3 Å². The first-order valence-electron chi connectivity index (χ1n) is 21.5. The number of halogens is 3. The van der Waals surface area contributed by atoms with E-state index in [0.717, 1.165) is 22.3 Å². The number of thiocarbonyl (C=S) groups is 1. The molecule has 4 aromatic rings. The minimum atomic E-state index is -4.12. The third-order valence-electron chi connectivity index (χ3n) is 12.6. The van der Waals surface area contributed by atoms with Gasteiger partial charge in [-0.25, -0.2) is 27.0 Å². The van der Waals surface area contributed by atoms with E-state index in [4.69, 9.17) is 38.0 Å². The zero-order valence-corrected chi connectivity index (χ0v) is 38.8. The standard InChI is InChI=1S/C46H49ClF2N6O9S2/c1-45(2,3)38(51-43(65)52-44(59)63-23-34-30-11-7-5-9-28(30)29-10-6-8-12-31(29)34)41(57)55-22-26(64-40-33-18-25(47)13-16-32(33)36(62-4)21-50-40)19-35(55)39(56)53-46(20-24(46)17-37(48)49)42(58)54-66(60,61)27-14-15-27/h5-13,16,18,21,24,26-27,34-35,37-38H,14-15,17,19-20,22-23H2,1-4H3,(H,53,56)(H,54,58)(H2,51,52,59,65)/t24-,26-,35+,38-,46-/m1/s1. The van der Waals surface area contributed by atoms with Crippen LogP contribution in [0, 0.1) is 11.3 Å². The minimum Gasteiger partial charge on any atom is -0.494 e. The first kappa shape index (κ1) is 46.9. The van der Waals surface area contributed by atoms with Gasteiger partial charge >= 0.3 is 6.09 Å². The van der Waals surface area contributed by atoms with Gasteiger partial charge < -0.3 is 29.7 Å². The molecule has 1 aromatic heterocycles. The highest BCUT2D eigenvalue weighted by Gasteiger charge is 2.63. The van der Waals surface area contributed by atoms with E-state index in [0.29, 0.717) is 34.4 Å². The number of alkyl halides is 2. The van der Waals surface area contributed by atoms with Crippen molar-refractivity contribution in [3.63, 3.8) is 0 Å². The summed E-state index contributed by atoms with van der Waals surface area (Å²) in [7, 11) is -2.64. The molecule has 8 rings (SSSR count). The largest absolute Gasteiger partial charge is 0.494 e. The summed E-state index contributed by atoms with van der Waals surface area (Å²) >= 11 is 11.9. The zero-order chi connectivity index (χ0) is 47.3. The van der Waals surface area contributed by atoms with Crippen LogP contribution in [0.5, 0.6) is 11.6 Å². The van der Waals surface area contributed by atoms with Crippen molar-refractivity contribution in [1.29, 1.82) is 0 Å². The molecule has 0 unspecified atom stereocenters. The number of pyridine rings is 1. The van der Waals surface area contributed by atoms with Crippen LogP contribution in [0.4, 0.5) is 13.6 Å². The maximum atomic E-state index is 14.9. The molecule has 3 aromatic carbocycles. The van der Waals surface area contributed by atoms with Gasteiger partial charge in [0.05, 0.1) is 25.1 Å². The Morgan fingerprint density at radius 1 is 1.00 bits per heavy atom. The number of rotatable bonds is 14. The van der Waals surface area contributed by atoms with Gasteiger partial charge in [-0.15, -0.1) is 0 Å². The Morgan fingerprint density at radius 3 is 2.29 bits per heavy atom. The van der Waals surface area contributed by atoms with E-state index in [1.807, 2.05) is 53.3 Å². The van der Waals surface area contributed by atoms with Gasteiger partial charge in [-0.2, -0.15) is 0 Å². The highest BCUT2D eigenvalue weighted by atomic mass is 35.5. The van der Waals surface area contributed by atoms with Crippen LogP contribution >= 0.6 is 23.8 Å². The van der Waals surface area contributed by atoms with Crippen LogP contribution in [0.1, 0.15) is 69.9 Å². The Labute approximate surface area is 390 Å². The molecule has 1 aliphatic heterocycles. The van der Waals surface area contributed by atoms with Gasteiger partial charge in [0.15, 0.2) is 5.11 Å². The molecule has 20 heteroatoms. The van der Waals surface area contributed by atoms with Crippen molar-refractivity contribution in [3.8, 4) is 22.8 Å². The number of carbonyl (C=O) groups is 4. The molecule has 0 bridgehead atoms. The molecule has 0 radical (unpaired) electrons. The lowest BCUT2D eigenvalue weighted by atomic mass is 9.85. The van der Waals surface area contributed by atoms with E-state index < -0.39 is 87.0 Å². The molecule has 3 fully saturated rings. The van der Waals surface area contributed by atoms with Gasteiger partial charge in [0.2, 0.25) is 34.1 Å². The molecule has 4 amide bonds. The molecule has 4 aliphatic rings. The van der Waals surface area contributed by atoms with E-state index in [9.17, 15) is 36.4 Å². The Balaban J connectivity index is 1.03. The predicted octanol–water partition coefficient (Wildman–Crippen LogP) is 6.21. The Hall–Kier alpha value is -5.66. The summed E-state index contributed by atoms with van der Waals surface area (Å²) in [6.07, 6.45) is -3.70. The molecule has 15 nitrogen and oxygen atoms in total. The summed E-state index contributed by atoms with van der Waals surface area (Å²) in [5.74, 6) is -3.43. The number of methoxy groups -OCH3 is 1. The van der Waals surface area contributed by atoms with Gasteiger partial charge in [-0.1, -0.05) is 80.9 Å². The lowest BCUT2D eigenvalue weighted by Crippen LogP contribution is -2.61. The van der Waals surface area contributed by atoms with Crippen molar-refractivity contribution >= 4 is 73.5 Å². The minimum absolute atomic E-state index is 0.00476. The second kappa shape index (κ2) is 18.2. The van der Waals surface area contributed by atoms with Gasteiger partial charge in [0.25, 0.3) is 5.91 Å². The summed E-state index contributed by atoms with van der Waals surface area (Å²) in [6, 6.07) is 18.2. The number of amides is 4. The highest BCUT2D eigenvalue weighted by molar-refractivity contribution is 7.91. The molecule has 2 heterocycles. The Kier molecular flexibility index (Phi) is 12.9. The fourth-order valence-corrected chi connectivity index (χ4v) is 10.7. The van der Waals surface area contributed by atoms with Gasteiger partial charge in [0, 0.05) is 34.6 Å². The van der Waals surface area contributed by atoms with Gasteiger partial charge in [0.1, 0.15) is 36.1 Å². The van der Waals surface area contributed by atoms with E-state index >= 15 is 0 Å². The van der Waals surface area contributed by atoms with Crippen LogP contribution in [-0.2, 0) is 29.1 Å². The number of hydrogen-bond acceptors (Lipinski definition) is 11. The molecule has 5 atom stereocenters. The van der Waals surface area contributed by atoms with Crippen LogP contribution in [0.15, 0.2) is 72.9 Å². The second-order valence-corrected chi connectivity index (χ2v) is 21.0. The molecule has 3 aliphatic carbocycles. The predicted molar refractivity (Wildman–Crippen MR) is 245 cm³/mol. The van der Waals surface area contributed by atoms with E-state index in [1.165, 1.54) is 18.2 Å². The van der Waals surface area contributed by atoms with Crippen LogP contribution in [-0.4, -0.2) is 103 Å². The molecule has 1 saturated heterocycles. The third-order valence-corrected chi connectivity index (χ3v) is 14.9. The van der Waals surface area contributed by atoms with Crippen LogP contribution < -0.4 is 30.1 Å². The van der Waals surface area contributed by atoms with Gasteiger partial charge in [-0.05, 0) is 83.3 Å². The smallest absolute Gasteiger partial charge is 0.413 e. The number of ether oxygens (including phenoxy) is 3. The number of nitrogens with one attached hydrogen (secondary N) is 4. The van der Waals surface area contributed by atoms with Crippen molar-refractivity contribution in [1.82, 2.24) is 30.6 Å². The van der Waals surface area contributed by atoms with Crippen molar-refractivity contribution < 1.29 is 50.6 Å². The molecular formula is C46H49ClF2N6O9S2. The SMILES string of the molecule is COc1cnc(O[C@@H]2C[C@@H](C(=O)N[C@]3(C(=O)NS(=O)(=O)C4CC4)C[C@H]3CC(F)F)N(C(=O)[C@@H](NC(=S)NC(=O)OCC3c4ccccc4-c4ccccc43)C(C)(C)C)C2)c2cc(Cl)ccc12. The Morgan fingerprint density at radius 2 is 1.67 bits per heavy atom. The Bertz CT molecular complexity index is 2670. The van der Waals surface area contributed by atoms with Crippen LogP contribution in [0.3, 0.4) is 0 Å². The molecular weight excluding hydrogens is 918 g/mol. The average molecular weight is 968 g/mol. The summed E-state index contributed by atoms with van der Waals surface area (Å²) in [5.41, 5.74) is 1.22. The number of likely N-dealkylation sites (tertiary alicyclic amines) is 1. The fourth-order valence-electron chi connectivity index (χ4n) is 8.97. The number of aromatic nitrogens is 1. The zero-order valence-electron chi connectivity index (χ0n) is 36.4. The monoisotopic (exact) mass is 966 g/mol. The third kappa shape index (κ3) is 9.60. The molecule has 2 saturated carbocycles. The quantitative estimate of drug-likeness (QED) is 0.105. The number of alkyl carbamates (subject to hydrolysis) is 1. The van der Waals surface area contributed by atoms with E-state index in [-0.39, 0.29) is 42.9 Å². The normalized spacial score (nSPS) is 21.6. The van der Waals surface area contributed by atoms with E-state index in [1.54, 1.807) is 39.0 Å². The number of nitrogens with zero attached hydrogens (tertiary/aromatic N) is 2. The molecule has 4 N–H and O–H groups in total. The fraction of sp³-hybridized carbons (Fsp3) is 0.435. The maximum Gasteiger partial charge on any atom is 0.413 e. The number of sulfonamides is 1. The molecule has 66 heavy (non-hydrogen) atoms. The number of fused-ring (bicyclic) bond motifs is 4. The first-order chi connectivity index (χ1) is 31.3. The second-order valence-electron chi connectivity index (χ2n) is 18.2. The van der Waals surface area contributed by atoms with Crippen molar-refractivity contribution in [3.05, 3.63) is 89.1 Å². The molecule has 350 valence electrons. The lowest BCUT2D eigenvalue weighted by Gasteiger charge is -2.36. The number of carbonyl (C=O) groups excluding carboxylic acids is 4. The molecule has 0 spiro atoms. The highest BCUT2D eigenvalue weighted by Crippen LogP contribution is 2.49. The maximum absolute atomic E-state index is 14.9. The van der Waals surface area contributed by atoms with Crippen LogP contribution in [0.2, 0.25) is 5.02 Å². The summed E-state index contributed by atoms with van der Waals surface area (Å²) < 4.78 is 72.8. The summed E-state index contributed by atoms with van der Waals surface area (Å²) in [6.45, 7) is 5.03. The lowest BCUT2D eigenvalue weighted by molar-refractivity contribution is -0.142. The first-order valence-corrected chi connectivity index (χ1v) is 23.8. The average Bonchev–Trinajstić information content (AvgIpc) is 4.17. The van der Waals surface area contributed by atoms with Crippen molar-refractivity contribution in [2.45, 2.75) is 94.2 Å². The summed E-state index contributed by atoms with van der Waals surface area (Å²) in [4.78, 5) is 62.0. The number of hydrogen-bond donors (Lipinski definition) is 4.